The predicted octanol–water partition coefficient (Wildman–Crippen LogP) is 4.25. The molecule has 0 radical (unpaired) electrons. The van der Waals surface area contributed by atoms with Crippen LogP contribution in [0.5, 0.6) is 5.75 Å². The molecule has 1 fully saturated rings. The number of rotatable bonds is 8. The first-order chi connectivity index (χ1) is 13.2. The van der Waals surface area contributed by atoms with Crippen molar-refractivity contribution in [2.75, 3.05) is 26.8 Å². The number of carbonyl (C=O) groups is 1. The standard InChI is InChI=1S/C23H29NO3/c1-3-4-13-27-20-12-8-11-19(14-20)21-16-24(17-22(21)23(25)26-2)15-18-9-6-5-7-10-18/h5-12,14,21-22H,3-4,13,15-17H2,1-2H3/t21-,22-/m0/s1. The van der Waals surface area contributed by atoms with Crippen LogP contribution in [0.1, 0.15) is 36.8 Å². The van der Waals surface area contributed by atoms with Crippen molar-refractivity contribution in [3.8, 4) is 5.75 Å². The number of esters is 1. The molecule has 0 amide bonds. The molecule has 0 spiro atoms. The summed E-state index contributed by atoms with van der Waals surface area (Å²) >= 11 is 0. The summed E-state index contributed by atoms with van der Waals surface area (Å²) in [5.74, 6) is 0.722. The Morgan fingerprint density at radius 1 is 1.11 bits per heavy atom. The highest BCUT2D eigenvalue weighted by atomic mass is 16.5. The Balaban J connectivity index is 1.75. The SMILES string of the molecule is CCCCOc1cccc([C@@H]2CN(Cc3ccccc3)C[C@@H]2C(=O)OC)c1. The summed E-state index contributed by atoms with van der Waals surface area (Å²) in [6.07, 6.45) is 2.16. The topological polar surface area (TPSA) is 38.8 Å². The number of likely N-dealkylation sites (tertiary alicyclic amines) is 1. The van der Waals surface area contributed by atoms with Crippen LogP contribution >= 0.6 is 0 Å². The van der Waals surface area contributed by atoms with Crippen molar-refractivity contribution in [2.45, 2.75) is 32.2 Å². The summed E-state index contributed by atoms with van der Waals surface area (Å²) in [6.45, 7) is 5.28. The van der Waals surface area contributed by atoms with Gasteiger partial charge in [-0.15, -0.1) is 0 Å². The molecule has 2 aromatic rings. The zero-order valence-corrected chi connectivity index (χ0v) is 16.3. The Bertz CT molecular complexity index is 731. The van der Waals surface area contributed by atoms with Crippen LogP contribution in [0.2, 0.25) is 0 Å². The van der Waals surface area contributed by atoms with Gasteiger partial charge in [-0.1, -0.05) is 55.8 Å². The normalized spacial score (nSPS) is 19.8. The van der Waals surface area contributed by atoms with Crippen LogP contribution < -0.4 is 4.74 Å². The molecule has 0 unspecified atom stereocenters. The molecule has 4 nitrogen and oxygen atoms in total. The van der Waals surface area contributed by atoms with E-state index in [9.17, 15) is 4.79 Å². The lowest BCUT2D eigenvalue weighted by Gasteiger charge is -2.18. The summed E-state index contributed by atoms with van der Waals surface area (Å²) in [7, 11) is 1.48. The molecule has 27 heavy (non-hydrogen) atoms. The van der Waals surface area contributed by atoms with E-state index in [2.05, 4.69) is 48.2 Å². The molecule has 1 heterocycles. The summed E-state index contributed by atoms with van der Waals surface area (Å²) in [6, 6.07) is 18.6. The van der Waals surface area contributed by atoms with Gasteiger partial charge in [0.1, 0.15) is 5.75 Å². The molecule has 144 valence electrons. The maximum absolute atomic E-state index is 12.4. The third kappa shape index (κ3) is 5.10. The lowest BCUT2D eigenvalue weighted by atomic mass is 9.89. The van der Waals surface area contributed by atoms with Crippen LogP contribution in [0.3, 0.4) is 0 Å². The zero-order valence-electron chi connectivity index (χ0n) is 16.3. The van der Waals surface area contributed by atoms with E-state index in [4.69, 9.17) is 9.47 Å². The van der Waals surface area contributed by atoms with E-state index in [-0.39, 0.29) is 17.8 Å². The number of carbonyl (C=O) groups excluding carboxylic acids is 1. The smallest absolute Gasteiger partial charge is 0.310 e. The highest BCUT2D eigenvalue weighted by molar-refractivity contribution is 5.74. The van der Waals surface area contributed by atoms with E-state index in [1.54, 1.807) is 0 Å². The number of unbranched alkanes of at least 4 members (excludes halogenated alkanes) is 1. The maximum Gasteiger partial charge on any atom is 0.310 e. The fraction of sp³-hybridized carbons (Fsp3) is 0.435. The number of methoxy groups -OCH3 is 1. The molecule has 1 saturated heterocycles. The summed E-state index contributed by atoms with van der Waals surface area (Å²) < 4.78 is 11.0. The van der Waals surface area contributed by atoms with Gasteiger partial charge >= 0.3 is 5.97 Å². The second-order valence-electron chi connectivity index (χ2n) is 7.19. The van der Waals surface area contributed by atoms with Crippen LogP contribution in [-0.2, 0) is 16.1 Å². The molecular weight excluding hydrogens is 338 g/mol. The van der Waals surface area contributed by atoms with Crippen molar-refractivity contribution < 1.29 is 14.3 Å². The number of benzene rings is 2. The first-order valence-corrected chi connectivity index (χ1v) is 9.78. The van der Waals surface area contributed by atoms with E-state index in [0.29, 0.717) is 6.54 Å². The Labute approximate surface area is 162 Å². The fourth-order valence-electron chi connectivity index (χ4n) is 3.75. The van der Waals surface area contributed by atoms with Gasteiger partial charge in [-0.05, 0) is 29.7 Å². The van der Waals surface area contributed by atoms with Crippen LogP contribution in [0.25, 0.3) is 0 Å². The van der Waals surface area contributed by atoms with Crippen LogP contribution in [-0.4, -0.2) is 37.7 Å². The van der Waals surface area contributed by atoms with Gasteiger partial charge in [0.15, 0.2) is 0 Å². The first kappa shape index (κ1) is 19.4. The number of ether oxygens (including phenoxy) is 2. The summed E-state index contributed by atoms with van der Waals surface area (Å²) in [5.41, 5.74) is 2.41. The molecule has 2 atom stereocenters. The van der Waals surface area contributed by atoms with Crippen molar-refractivity contribution >= 4 is 5.97 Å². The van der Waals surface area contributed by atoms with E-state index in [0.717, 1.165) is 43.9 Å². The molecule has 4 heteroatoms. The minimum Gasteiger partial charge on any atom is -0.494 e. The molecule has 0 aliphatic carbocycles. The second-order valence-corrected chi connectivity index (χ2v) is 7.19. The van der Waals surface area contributed by atoms with Gasteiger partial charge in [0.25, 0.3) is 0 Å². The quantitative estimate of drug-likeness (QED) is 0.516. The molecule has 1 aliphatic rings. The Morgan fingerprint density at radius 2 is 1.93 bits per heavy atom. The van der Waals surface area contributed by atoms with Crippen LogP contribution in [0.4, 0.5) is 0 Å². The Hall–Kier alpha value is -2.33. The molecular formula is C23H29NO3. The third-order valence-electron chi connectivity index (χ3n) is 5.20. The molecule has 0 bridgehead atoms. The zero-order chi connectivity index (χ0) is 19.1. The molecule has 0 aromatic heterocycles. The number of nitrogens with zero attached hydrogens (tertiary/aromatic N) is 1. The lowest BCUT2D eigenvalue weighted by Crippen LogP contribution is -2.24. The maximum atomic E-state index is 12.4. The highest BCUT2D eigenvalue weighted by Gasteiger charge is 2.39. The van der Waals surface area contributed by atoms with Crippen molar-refractivity contribution in [3.05, 3.63) is 65.7 Å². The van der Waals surface area contributed by atoms with Gasteiger partial charge in [-0.25, -0.2) is 0 Å². The van der Waals surface area contributed by atoms with E-state index in [1.807, 2.05) is 18.2 Å². The van der Waals surface area contributed by atoms with Gasteiger partial charge in [0.05, 0.1) is 19.6 Å². The van der Waals surface area contributed by atoms with E-state index < -0.39 is 0 Å². The first-order valence-electron chi connectivity index (χ1n) is 9.78. The van der Waals surface area contributed by atoms with Gasteiger partial charge in [-0.3, -0.25) is 9.69 Å². The van der Waals surface area contributed by atoms with E-state index >= 15 is 0 Å². The minimum absolute atomic E-state index is 0.121. The molecule has 3 rings (SSSR count). The van der Waals surface area contributed by atoms with Crippen LogP contribution in [0, 0.1) is 5.92 Å². The highest BCUT2D eigenvalue weighted by Crippen LogP contribution is 2.35. The number of hydrogen-bond donors (Lipinski definition) is 0. The lowest BCUT2D eigenvalue weighted by molar-refractivity contribution is -0.145. The molecule has 2 aromatic carbocycles. The number of hydrogen-bond acceptors (Lipinski definition) is 4. The van der Waals surface area contributed by atoms with Gasteiger partial charge in [-0.2, -0.15) is 0 Å². The summed E-state index contributed by atoms with van der Waals surface area (Å²) in [4.78, 5) is 14.8. The monoisotopic (exact) mass is 367 g/mol. The average Bonchev–Trinajstić information content (AvgIpc) is 3.12. The third-order valence-corrected chi connectivity index (χ3v) is 5.20. The molecule has 1 aliphatic heterocycles. The van der Waals surface area contributed by atoms with Crippen molar-refractivity contribution in [2.24, 2.45) is 5.92 Å². The van der Waals surface area contributed by atoms with Crippen molar-refractivity contribution in [3.63, 3.8) is 0 Å². The largest absolute Gasteiger partial charge is 0.494 e. The van der Waals surface area contributed by atoms with Crippen molar-refractivity contribution in [1.29, 1.82) is 0 Å². The summed E-state index contributed by atoms with van der Waals surface area (Å²) in [5, 5.41) is 0. The van der Waals surface area contributed by atoms with Crippen molar-refractivity contribution in [1.82, 2.24) is 4.90 Å². The van der Waals surface area contributed by atoms with Gasteiger partial charge < -0.3 is 9.47 Å². The Kier molecular flexibility index (Phi) is 6.88. The average molecular weight is 367 g/mol. The predicted molar refractivity (Wildman–Crippen MR) is 107 cm³/mol. The second kappa shape index (κ2) is 9.56. The fourth-order valence-corrected chi connectivity index (χ4v) is 3.75. The van der Waals surface area contributed by atoms with Gasteiger partial charge in [0, 0.05) is 25.6 Å². The Morgan fingerprint density at radius 3 is 2.67 bits per heavy atom. The minimum atomic E-state index is -0.149. The van der Waals surface area contributed by atoms with Gasteiger partial charge in [0.2, 0.25) is 0 Å². The molecule has 0 N–H and O–H groups in total. The molecule has 0 saturated carbocycles. The van der Waals surface area contributed by atoms with E-state index in [1.165, 1.54) is 12.7 Å². The van der Waals surface area contributed by atoms with Crippen LogP contribution in [0.15, 0.2) is 54.6 Å².